The van der Waals surface area contributed by atoms with Crippen LogP contribution >= 0.6 is 0 Å². The van der Waals surface area contributed by atoms with Crippen molar-refractivity contribution in [1.82, 2.24) is 19.9 Å². The van der Waals surface area contributed by atoms with E-state index in [1.165, 1.54) is 25.0 Å². The number of primary amides is 1. The van der Waals surface area contributed by atoms with E-state index < -0.39 is 5.91 Å². The average molecular weight is 203 g/mol. The van der Waals surface area contributed by atoms with Crippen LogP contribution in [0.2, 0.25) is 0 Å². The summed E-state index contributed by atoms with van der Waals surface area (Å²) in [6.45, 7) is 0. The Kier molecular flexibility index (Phi) is 4.38. The molecule has 0 atom stereocenters. The maximum Gasteiger partial charge on any atom is 0.251 e. The minimum atomic E-state index is -0.504. The van der Waals surface area contributed by atoms with Gasteiger partial charge in [0.25, 0.3) is 5.91 Å². The molecule has 0 aromatic carbocycles. The van der Waals surface area contributed by atoms with Crippen molar-refractivity contribution >= 4 is 5.91 Å². The van der Waals surface area contributed by atoms with Gasteiger partial charge in [0.05, 0.1) is 5.56 Å². The lowest BCUT2D eigenvalue weighted by Crippen LogP contribution is -2.11. The molecule has 76 valence electrons. The smallest absolute Gasteiger partial charge is 0.251 e. The van der Waals surface area contributed by atoms with E-state index in [0.717, 1.165) is 0 Å². The second kappa shape index (κ2) is 6.14. The van der Waals surface area contributed by atoms with Crippen molar-refractivity contribution in [2.45, 2.75) is 0 Å². The Bertz CT molecular complexity index is 365. The standard InChI is InChI=1S/C5H5N3O.C4H4N2/c6-5(9)4-1-7-3-8-2-4;1-2-5-4-6-3-1/h1-3H,(H2,6,9);1-4H. The molecule has 0 spiro atoms. The first-order valence-corrected chi connectivity index (χ1v) is 4.05. The molecule has 0 aliphatic heterocycles. The molecule has 2 rings (SSSR count). The molecule has 0 fully saturated rings. The fourth-order valence-electron chi connectivity index (χ4n) is 0.680. The first kappa shape index (κ1) is 10.7. The van der Waals surface area contributed by atoms with Crippen LogP contribution in [0.25, 0.3) is 0 Å². The molecule has 0 aliphatic carbocycles. The van der Waals surface area contributed by atoms with E-state index in [4.69, 9.17) is 5.73 Å². The predicted molar refractivity (Wildman–Crippen MR) is 52.6 cm³/mol. The molecule has 15 heavy (non-hydrogen) atoms. The van der Waals surface area contributed by atoms with Crippen LogP contribution in [0.3, 0.4) is 0 Å². The van der Waals surface area contributed by atoms with Gasteiger partial charge in [-0.3, -0.25) is 4.79 Å². The molecular formula is C9H9N5O. The zero-order chi connectivity index (χ0) is 10.9. The van der Waals surface area contributed by atoms with Crippen molar-refractivity contribution in [3.63, 3.8) is 0 Å². The highest BCUT2D eigenvalue weighted by Gasteiger charge is 1.96. The lowest BCUT2D eigenvalue weighted by Gasteiger charge is -1.88. The molecule has 2 aromatic rings. The first-order chi connectivity index (χ1) is 7.30. The van der Waals surface area contributed by atoms with Gasteiger partial charge in [0, 0.05) is 24.8 Å². The Morgan fingerprint density at radius 2 is 1.53 bits per heavy atom. The molecule has 2 N–H and O–H groups in total. The maximum absolute atomic E-state index is 10.3. The third-order valence-corrected chi connectivity index (χ3v) is 1.32. The van der Waals surface area contributed by atoms with Crippen LogP contribution in [-0.2, 0) is 0 Å². The van der Waals surface area contributed by atoms with Crippen LogP contribution in [0.5, 0.6) is 0 Å². The van der Waals surface area contributed by atoms with Gasteiger partial charge in [0.1, 0.15) is 12.7 Å². The molecule has 2 heterocycles. The topological polar surface area (TPSA) is 94.7 Å². The number of hydrogen-bond acceptors (Lipinski definition) is 5. The normalized spacial score (nSPS) is 8.53. The van der Waals surface area contributed by atoms with Gasteiger partial charge < -0.3 is 5.73 Å². The van der Waals surface area contributed by atoms with Crippen molar-refractivity contribution in [2.24, 2.45) is 5.73 Å². The number of hydrogen-bond donors (Lipinski definition) is 1. The second-order valence-corrected chi connectivity index (χ2v) is 2.40. The lowest BCUT2D eigenvalue weighted by molar-refractivity contribution is 0.0999. The van der Waals surface area contributed by atoms with Crippen molar-refractivity contribution in [2.75, 3.05) is 0 Å². The first-order valence-electron chi connectivity index (χ1n) is 4.05. The summed E-state index contributed by atoms with van der Waals surface area (Å²) in [7, 11) is 0. The van der Waals surface area contributed by atoms with Crippen LogP contribution in [0, 0.1) is 0 Å². The maximum atomic E-state index is 10.3. The van der Waals surface area contributed by atoms with E-state index in [0.29, 0.717) is 5.56 Å². The van der Waals surface area contributed by atoms with Crippen molar-refractivity contribution in [1.29, 1.82) is 0 Å². The largest absolute Gasteiger partial charge is 0.366 e. The van der Waals surface area contributed by atoms with E-state index in [1.54, 1.807) is 18.5 Å². The molecular weight excluding hydrogens is 194 g/mol. The Labute approximate surface area is 86.2 Å². The van der Waals surface area contributed by atoms with Crippen molar-refractivity contribution in [3.8, 4) is 0 Å². The minimum absolute atomic E-state index is 0.331. The number of rotatable bonds is 1. The predicted octanol–water partition coefficient (Wildman–Crippen LogP) is 0.0521. The minimum Gasteiger partial charge on any atom is -0.366 e. The lowest BCUT2D eigenvalue weighted by atomic mass is 10.3. The second-order valence-electron chi connectivity index (χ2n) is 2.40. The SMILES string of the molecule is NC(=O)c1cncnc1.c1cncnc1. The highest BCUT2D eigenvalue weighted by molar-refractivity contribution is 5.91. The summed E-state index contributed by atoms with van der Waals surface area (Å²) < 4.78 is 0. The Morgan fingerprint density at radius 1 is 1.00 bits per heavy atom. The van der Waals surface area contributed by atoms with Gasteiger partial charge in [-0.1, -0.05) is 0 Å². The Hall–Kier alpha value is -2.37. The van der Waals surface area contributed by atoms with Crippen LogP contribution in [0.4, 0.5) is 0 Å². The van der Waals surface area contributed by atoms with Crippen molar-refractivity contribution < 1.29 is 4.79 Å². The summed E-state index contributed by atoms with van der Waals surface area (Å²) in [5, 5.41) is 0. The third-order valence-electron chi connectivity index (χ3n) is 1.32. The molecule has 6 heteroatoms. The van der Waals surface area contributed by atoms with Gasteiger partial charge >= 0.3 is 0 Å². The van der Waals surface area contributed by atoms with E-state index in [2.05, 4.69) is 19.9 Å². The van der Waals surface area contributed by atoms with Gasteiger partial charge in [-0.15, -0.1) is 0 Å². The molecule has 0 unspecified atom stereocenters. The van der Waals surface area contributed by atoms with E-state index in [1.807, 2.05) is 0 Å². The quantitative estimate of drug-likeness (QED) is 0.706. The number of amides is 1. The van der Waals surface area contributed by atoms with Gasteiger partial charge in [-0.25, -0.2) is 19.9 Å². The van der Waals surface area contributed by atoms with Crippen LogP contribution < -0.4 is 5.73 Å². The summed E-state index contributed by atoms with van der Waals surface area (Å²) in [6, 6.07) is 1.78. The molecule has 1 amide bonds. The number of carbonyl (C=O) groups is 1. The molecule has 6 nitrogen and oxygen atoms in total. The fraction of sp³-hybridized carbons (Fsp3) is 0. The Balaban J connectivity index is 0.000000162. The summed E-state index contributed by atoms with van der Waals surface area (Å²) >= 11 is 0. The molecule has 0 bridgehead atoms. The van der Waals surface area contributed by atoms with E-state index >= 15 is 0 Å². The van der Waals surface area contributed by atoms with E-state index in [9.17, 15) is 4.79 Å². The van der Waals surface area contributed by atoms with Gasteiger partial charge in [-0.2, -0.15) is 0 Å². The zero-order valence-electron chi connectivity index (χ0n) is 7.82. The van der Waals surface area contributed by atoms with Crippen LogP contribution in [-0.4, -0.2) is 25.8 Å². The number of aromatic nitrogens is 4. The molecule has 2 aromatic heterocycles. The molecule has 0 radical (unpaired) electrons. The van der Waals surface area contributed by atoms with Gasteiger partial charge in [-0.05, 0) is 6.07 Å². The van der Waals surface area contributed by atoms with Crippen molar-refractivity contribution in [3.05, 3.63) is 49.1 Å². The third kappa shape index (κ3) is 4.41. The molecule has 0 saturated heterocycles. The summed E-state index contributed by atoms with van der Waals surface area (Å²) in [5.41, 5.74) is 5.23. The number of nitrogens with zero attached hydrogens (tertiary/aromatic N) is 4. The number of nitrogens with two attached hydrogens (primary N) is 1. The fourth-order valence-corrected chi connectivity index (χ4v) is 0.680. The summed E-state index contributed by atoms with van der Waals surface area (Å²) in [5.74, 6) is -0.504. The van der Waals surface area contributed by atoms with Gasteiger partial charge in [0.15, 0.2) is 0 Å². The molecule has 0 saturated carbocycles. The Morgan fingerprint density at radius 3 is 1.80 bits per heavy atom. The monoisotopic (exact) mass is 203 g/mol. The average Bonchev–Trinajstić information content (AvgIpc) is 2.33. The summed E-state index contributed by atoms with van der Waals surface area (Å²) in [6.07, 6.45) is 8.96. The number of carbonyl (C=O) groups excluding carboxylic acids is 1. The van der Waals surface area contributed by atoms with Crippen LogP contribution in [0.15, 0.2) is 43.5 Å². The highest BCUT2D eigenvalue weighted by atomic mass is 16.1. The van der Waals surface area contributed by atoms with E-state index in [-0.39, 0.29) is 0 Å². The molecule has 0 aliphatic rings. The van der Waals surface area contributed by atoms with Gasteiger partial charge in [0.2, 0.25) is 0 Å². The zero-order valence-corrected chi connectivity index (χ0v) is 7.82. The van der Waals surface area contributed by atoms with Crippen LogP contribution in [0.1, 0.15) is 10.4 Å². The highest BCUT2D eigenvalue weighted by Crippen LogP contribution is 1.87. The summed E-state index contributed by atoms with van der Waals surface area (Å²) in [4.78, 5) is 24.9.